The van der Waals surface area contributed by atoms with E-state index in [0.29, 0.717) is 9.93 Å². The molecule has 0 N–H and O–H groups in total. The molecule has 3 aromatic rings. The zero-order valence-electron chi connectivity index (χ0n) is 17.3. The van der Waals surface area contributed by atoms with Gasteiger partial charge in [0.15, 0.2) is 0 Å². The van der Waals surface area contributed by atoms with E-state index in [-0.39, 0.29) is 17.7 Å². The first-order valence-electron chi connectivity index (χ1n) is 9.70. The van der Waals surface area contributed by atoms with E-state index in [0.717, 1.165) is 40.0 Å². The summed E-state index contributed by atoms with van der Waals surface area (Å²) in [4.78, 5) is 27.2. The number of rotatable bonds is 4. The van der Waals surface area contributed by atoms with Crippen LogP contribution in [0.3, 0.4) is 0 Å². The van der Waals surface area contributed by atoms with Crippen LogP contribution in [-0.2, 0) is 11.3 Å². The Morgan fingerprint density at radius 1 is 1.06 bits per heavy atom. The Morgan fingerprint density at radius 3 is 2.55 bits per heavy atom. The van der Waals surface area contributed by atoms with Crippen LogP contribution in [-0.4, -0.2) is 20.6 Å². The van der Waals surface area contributed by atoms with E-state index in [9.17, 15) is 9.59 Å². The molecular weight excluding hydrogens is 543 g/mol. The van der Waals surface area contributed by atoms with Gasteiger partial charge in [-0.25, -0.2) is 0 Å². The van der Waals surface area contributed by atoms with Crippen molar-refractivity contribution in [2.75, 3.05) is 0 Å². The fourth-order valence-corrected chi connectivity index (χ4v) is 5.07. The molecule has 0 saturated carbocycles. The highest BCUT2D eigenvalue weighted by Gasteiger charge is 2.35. The second-order valence-corrected chi connectivity index (χ2v) is 10.1. The molecule has 7 heteroatoms. The van der Waals surface area contributed by atoms with E-state index in [2.05, 4.69) is 52.3 Å². The summed E-state index contributed by atoms with van der Waals surface area (Å²) < 4.78 is 3.39. The smallest absolute Gasteiger partial charge is 0.293 e. The van der Waals surface area contributed by atoms with Crippen LogP contribution >= 0.6 is 46.0 Å². The molecule has 0 bridgehead atoms. The van der Waals surface area contributed by atoms with Crippen LogP contribution in [0.15, 0.2) is 53.4 Å². The monoisotopic (exact) mass is 562 g/mol. The minimum atomic E-state index is -0.273. The lowest BCUT2D eigenvalue weighted by Crippen LogP contribution is -2.27. The number of thioether (sulfide) groups is 1. The number of amides is 2. The third-order valence-corrected chi connectivity index (χ3v) is 7.61. The molecule has 1 fully saturated rings. The molecule has 1 aromatic heterocycles. The molecule has 4 nitrogen and oxygen atoms in total. The predicted octanol–water partition coefficient (Wildman–Crippen LogP) is 6.90. The molecule has 158 valence electrons. The summed E-state index contributed by atoms with van der Waals surface area (Å²) in [6.07, 6.45) is 1.82. The summed E-state index contributed by atoms with van der Waals surface area (Å²) in [5.74, 6) is -0.273. The maximum Gasteiger partial charge on any atom is 0.293 e. The van der Waals surface area contributed by atoms with Gasteiger partial charge in [-0.15, -0.1) is 0 Å². The topological polar surface area (TPSA) is 42.3 Å². The van der Waals surface area contributed by atoms with Gasteiger partial charge in [0.2, 0.25) is 0 Å². The highest BCUT2D eigenvalue weighted by atomic mass is 127. The van der Waals surface area contributed by atoms with Gasteiger partial charge < -0.3 is 4.57 Å². The molecule has 0 atom stereocenters. The zero-order chi connectivity index (χ0) is 22.3. The van der Waals surface area contributed by atoms with Crippen molar-refractivity contribution >= 4 is 63.2 Å². The lowest BCUT2D eigenvalue weighted by molar-refractivity contribution is -0.123. The van der Waals surface area contributed by atoms with E-state index < -0.39 is 0 Å². The minimum Gasteiger partial charge on any atom is -0.318 e. The van der Waals surface area contributed by atoms with Crippen molar-refractivity contribution in [2.45, 2.75) is 27.3 Å². The number of carbonyl (C=O) groups excluding carboxylic acids is 2. The molecule has 2 aromatic carbocycles. The molecule has 0 spiro atoms. The van der Waals surface area contributed by atoms with Gasteiger partial charge in [-0.2, -0.15) is 0 Å². The van der Waals surface area contributed by atoms with E-state index in [1.54, 1.807) is 12.1 Å². The standard InChI is InChI=1S/C24H20ClIN2O2S/c1-14-9-20(7-8-21(14)26)28-15(2)10-18(16(28)3)12-22-23(29)27(24(30)31-22)13-17-5-4-6-19(25)11-17/h4-12H,13H2,1-3H3/b22-12-. The Balaban J connectivity index is 1.64. The van der Waals surface area contributed by atoms with Gasteiger partial charge in [-0.05, 0) is 114 Å². The molecule has 2 amide bonds. The third-order valence-electron chi connectivity index (χ3n) is 5.26. The van der Waals surface area contributed by atoms with Crippen LogP contribution in [0.5, 0.6) is 0 Å². The molecule has 2 heterocycles. The Morgan fingerprint density at radius 2 is 1.84 bits per heavy atom. The van der Waals surface area contributed by atoms with Gasteiger partial charge >= 0.3 is 0 Å². The maximum atomic E-state index is 12.9. The minimum absolute atomic E-state index is 0.212. The number of aryl methyl sites for hydroxylation is 2. The van der Waals surface area contributed by atoms with E-state index in [1.807, 2.05) is 38.1 Å². The fraction of sp³-hybridized carbons (Fsp3) is 0.167. The van der Waals surface area contributed by atoms with Crippen molar-refractivity contribution in [3.05, 3.63) is 90.1 Å². The molecule has 1 aliphatic heterocycles. The van der Waals surface area contributed by atoms with Crippen LogP contribution in [0.25, 0.3) is 11.8 Å². The third kappa shape index (κ3) is 4.47. The second-order valence-electron chi connectivity index (χ2n) is 7.49. The normalized spacial score (nSPS) is 15.4. The lowest BCUT2D eigenvalue weighted by Gasteiger charge is -2.12. The SMILES string of the molecule is Cc1cc(-n2c(C)cc(/C=C3\SC(=O)N(Cc4cccc(Cl)c4)C3=O)c2C)ccc1I. The van der Waals surface area contributed by atoms with E-state index in [1.165, 1.54) is 14.0 Å². The van der Waals surface area contributed by atoms with E-state index in [4.69, 9.17) is 11.6 Å². The van der Waals surface area contributed by atoms with Crippen molar-refractivity contribution in [3.8, 4) is 5.69 Å². The largest absolute Gasteiger partial charge is 0.318 e. The average Bonchev–Trinajstić information content (AvgIpc) is 3.14. The van der Waals surface area contributed by atoms with Crippen LogP contribution in [0.2, 0.25) is 5.02 Å². The first-order chi connectivity index (χ1) is 14.7. The molecule has 0 aliphatic carbocycles. The van der Waals surface area contributed by atoms with E-state index >= 15 is 0 Å². The molecule has 1 aliphatic rings. The van der Waals surface area contributed by atoms with Gasteiger partial charge in [0.1, 0.15) is 0 Å². The van der Waals surface area contributed by atoms with Crippen molar-refractivity contribution in [3.63, 3.8) is 0 Å². The van der Waals surface area contributed by atoms with Crippen molar-refractivity contribution in [2.24, 2.45) is 0 Å². The summed E-state index contributed by atoms with van der Waals surface area (Å²) >= 11 is 9.34. The average molecular weight is 563 g/mol. The quantitative estimate of drug-likeness (QED) is 0.257. The summed E-state index contributed by atoms with van der Waals surface area (Å²) in [5.41, 5.74) is 6.16. The number of hydrogen-bond donors (Lipinski definition) is 0. The van der Waals surface area contributed by atoms with Gasteiger partial charge in [0.05, 0.1) is 11.4 Å². The number of nitrogens with zero attached hydrogens (tertiary/aromatic N) is 2. The lowest BCUT2D eigenvalue weighted by atomic mass is 10.2. The molecule has 0 unspecified atom stereocenters. The number of hydrogen-bond acceptors (Lipinski definition) is 3. The van der Waals surface area contributed by atoms with Gasteiger partial charge in [-0.3, -0.25) is 14.5 Å². The van der Waals surface area contributed by atoms with Crippen LogP contribution in [0, 0.1) is 24.3 Å². The summed E-state index contributed by atoms with van der Waals surface area (Å²) in [6, 6.07) is 15.6. The number of benzene rings is 2. The van der Waals surface area contributed by atoms with Crippen LogP contribution < -0.4 is 0 Å². The Hall–Kier alpha value is -2.03. The highest BCUT2D eigenvalue weighted by molar-refractivity contribution is 14.1. The van der Waals surface area contributed by atoms with Crippen molar-refractivity contribution in [1.29, 1.82) is 0 Å². The fourth-order valence-electron chi connectivity index (χ4n) is 3.69. The predicted molar refractivity (Wildman–Crippen MR) is 136 cm³/mol. The van der Waals surface area contributed by atoms with Gasteiger partial charge in [0, 0.05) is 25.7 Å². The summed E-state index contributed by atoms with van der Waals surface area (Å²) in [5, 5.41) is 0.316. The van der Waals surface area contributed by atoms with Crippen molar-refractivity contribution < 1.29 is 9.59 Å². The maximum absolute atomic E-state index is 12.9. The van der Waals surface area contributed by atoms with Crippen LogP contribution in [0.1, 0.15) is 28.1 Å². The van der Waals surface area contributed by atoms with Crippen LogP contribution in [0.4, 0.5) is 4.79 Å². The van der Waals surface area contributed by atoms with Gasteiger partial charge in [0.25, 0.3) is 11.1 Å². The molecular formula is C24H20ClIN2O2S. The first kappa shape index (κ1) is 22.2. The zero-order valence-corrected chi connectivity index (χ0v) is 21.0. The second kappa shape index (κ2) is 8.84. The molecule has 0 radical (unpaired) electrons. The molecule has 4 rings (SSSR count). The van der Waals surface area contributed by atoms with Gasteiger partial charge in [-0.1, -0.05) is 23.7 Å². The number of aromatic nitrogens is 1. The highest BCUT2D eigenvalue weighted by Crippen LogP contribution is 2.35. The molecule has 31 heavy (non-hydrogen) atoms. The summed E-state index contributed by atoms with van der Waals surface area (Å²) in [6.45, 7) is 6.38. The summed E-state index contributed by atoms with van der Waals surface area (Å²) in [7, 11) is 0. The first-order valence-corrected chi connectivity index (χ1v) is 12.0. The Kier molecular flexibility index (Phi) is 6.32. The Labute approximate surface area is 204 Å². The van der Waals surface area contributed by atoms with Crippen molar-refractivity contribution in [1.82, 2.24) is 9.47 Å². The number of carbonyl (C=O) groups is 2. The number of halogens is 2. The molecule has 1 saturated heterocycles. The Bertz CT molecular complexity index is 1250. The number of imide groups is 1.